The average molecular weight is 293 g/mol. The van der Waals surface area contributed by atoms with Gasteiger partial charge in [0.05, 0.1) is 20.8 Å². The van der Waals surface area contributed by atoms with Gasteiger partial charge in [-0.1, -0.05) is 12.1 Å². The van der Waals surface area contributed by atoms with E-state index in [0.717, 1.165) is 0 Å². The summed E-state index contributed by atoms with van der Waals surface area (Å²) in [5, 5.41) is 2.43. The van der Waals surface area contributed by atoms with Crippen LogP contribution in [0.5, 0.6) is 11.5 Å². The maximum atomic E-state index is 11.6. The van der Waals surface area contributed by atoms with Gasteiger partial charge >= 0.3 is 5.97 Å². The van der Waals surface area contributed by atoms with Crippen molar-refractivity contribution in [2.75, 3.05) is 27.4 Å². The molecule has 1 rings (SSSR count). The Kier molecular flexibility index (Phi) is 6.80. The van der Waals surface area contributed by atoms with Gasteiger partial charge in [0.15, 0.2) is 11.5 Å². The molecule has 0 radical (unpaired) electrons. The second-order valence-electron chi connectivity index (χ2n) is 3.94. The normalized spacial score (nSPS) is 10.2. The summed E-state index contributed by atoms with van der Waals surface area (Å²) in [4.78, 5) is 22.7. The zero-order valence-corrected chi connectivity index (χ0v) is 12.3. The van der Waals surface area contributed by atoms with Crippen molar-refractivity contribution in [2.24, 2.45) is 0 Å². The van der Waals surface area contributed by atoms with E-state index in [1.165, 1.54) is 20.3 Å². The molecular formula is C15H19NO5. The van der Waals surface area contributed by atoms with E-state index in [0.29, 0.717) is 17.1 Å². The number of para-hydroxylation sites is 1. The van der Waals surface area contributed by atoms with Crippen LogP contribution in [0.2, 0.25) is 0 Å². The fraction of sp³-hybridized carbons (Fsp3) is 0.333. The molecule has 0 spiro atoms. The number of ether oxygens (including phenoxy) is 3. The standard InChI is InChI=1S/C15H19NO5/c1-4-21-14(18)10-16-13(17)9-8-11-6-5-7-12(19-2)15(11)20-3/h5-9H,4,10H2,1-3H3,(H,16,17). The number of hydrogen-bond donors (Lipinski definition) is 1. The van der Waals surface area contributed by atoms with E-state index in [9.17, 15) is 9.59 Å². The van der Waals surface area contributed by atoms with Gasteiger partial charge in [0, 0.05) is 11.6 Å². The molecule has 0 atom stereocenters. The highest BCUT2D eigenvalue weighted by Crippen LogP contribution is 2.31. The van der Waals surface area contributed by atoms with Crippen molar-refractivity contribution in [1.29, 1.82) is 0 Å². The van der Waals surface area contributed by atoms with Crippen LogP contribution in [-0.4, -0.2) is 39.2 Å². The maximum absolute atomic E-state index is 11.6. The molecular weight excluding hydrogens is 274 g/mol. The van der Waals surface area contributed by atoms with E-state index in [4.69, 9.17) is 14.2 Å². The number of nitrogens with one attached hydrogen (secondary N) is 1. The molecule has 6 heteroatoms. The third kappa shape index (κ3) is 5.18. The number of carbonyl (C=O) groups is 2. The smallest absolute Gasteiger partial charge is 0.325 e. The molecule has 0 unspecified atom stereocenters. The molecule has 0 aliphatic rings. The molecule has 0 aromatic heterocycles. The van der Waals surface area contributed by atoms with Gasteiger partial charge in [-0.2, -0.15) is 0 Å². The zero-order valence-electron chi connectivity index (χ0n) is 12.3. The van der Waals surface area contributed by atoms with Crippen LogP contribution in [0.3, 0.4) is 0 Å². The molecule has 21 heavy (non-hydrogen) atoms. The molecule has 1 aromatic carbocycles. The molecule has 114 valence electrons. The topological polar surface area (TPSA) is 73.9 Å². The van der Waals surface area contributed by atoms with Gasteiger partial charge in [-0.25, -0.2) is 0 Å². The van der Waals surface area contributed by atoms with Gasteiger partial charge in [0.25, 0.3) is 0 Å². The minimum atomic E-state index is -0.474. The molecule has 0 heterocycles. The number of carbonyl (C=O) groups excluding carboxylic acids is 2. The third-order valence-corrected chi connectivity index (χ3v) is 2.56. The summed E-state index contributed by atoms with van der Waals surface area (Å²) in [7, 11) is 3.06. The van der Waals surface area contributed by atoms with Crippen LogP contribution in [0.4, 0.5) is 0 Å². The Morgan fingerprint density at radius 3 is 2.62 bits per heavy atom. The molecule has 6 nitrogen and oxygen atoms in total. The predicted octanol–water partition coefficient (Wildman–Crippen LogP) is 1.40. The minimum Gasteiger partial charge on any atom is -0.493 e. The Morgan fingerprint density at radius 2 is 2.00 bits per heavy atom. The largest absolute Gasteiger partial charge is 0.493 e. The van der Waals surface area contributed by atoms with Crippen molar-refractivity contribution in [3.63, 3.8) is 0 Å². The van der Waals surface area contributed by atoms with Crippen LogP contribution in [0.25, 0.3) is 6.08 Å². The van der Waals surface area contributed by atoms with E-state index < -0.39 is 11.9 Å². The summed E-state index contributed by atoms with van der Waals surface area (Å²) in [6.07, 6.45) is 2.90. The van der Waals surface area contributed by atoms with Crippen LogP contribution in [0.15, 0.2) is 24.3 Å². The van der Waals surface area contributed by atoms with Crippen molar-refractivity contribution < 1.29 is 23.8 Å². The lowest BCUT2D eigenvalue weighted by atomic mass is 10.1. The SMILES string of the molecule is CCOC(=O)CNC(=O)C=Cc1cccc(OC)c1OC. The highest BCUT2D eigenvalue weighted by Gasteiger charge is 2.07. The third-order valence-electron chi connectivity index (χ3n) is 2.56. The Morgan fingerprint density at radius 1 is 1.24 bits per heavy atom. The van der Waals surface area contributed by atoms with E-state index in [-0.39, 0.29) is 13.2 Å². The Hall–Kier alpha value is -2.50. The molecule has 0 aliphatic heterocycles. The maximum Gasteiger partial charge on any atom is 0.325 e. The van der Waals surface area contributed by atoms with Gasteiger partial charge in [-0.3, -0.25) is 9.59 Å². The lowest BCUT2D eigenvalue weighted by Gasteiger charge is -2.09. The Balaban J connectivity index is 2.68. The van der Waals surface area contributed by atoms with E-state index in [1.54, 1.807) is 31.2 Å². The molecule has 1 amide bonds. The first-order valence-corrected chi connectivity index (χ1v) is 6.44. The Labute approximate surface area is 123 Å². The molecule has 1 N–H and O–H groups in total. The number of esters is 1. The predicted molar refractivity (Wildman–Crippen MR) is 78.2 cm³/mol. The van der Waals surface area contributed by atoms with Crippen LogP contribution in [0.1, 0.15) is 12.5 Å². The lowest BCUT2D eigenvalue weighted by Crippen LogP contribution is -2.29. The van der Waals surface area contributed by atoms with Crippen LogP contribution < -0.4 is 14.8 Å². The lowest BCUT2D eigenvalue weighted by molar-refractivity contribution is -0.143. The molecule has 1 aromatic rings. The average Bonchev–Trinajstić information content (AvgIpc) is 2.50. The van der Waals surface area contributed by atoms with Crippen molar-refractivity contribution in [3.8, 4) is 11.5 Å². The minimum absolute atomic E-state index is 0.160. The van der Waals surface area contributed by atoms with Gasteiger partial charge < -0.3 is 19.5 Å². The highest BCUT2D eigenvalue weighted by atomic mass is 16.5. The second kappa shape index (κ2) is 8.63. The van der Waals surface area contributed by atoms with Crippen molar-refractivity contribution >= 4 is 18.0 Å². The summed E-state index contributed by atoms with van der Waals surface area (Å²) < 4.78 is 15.1. The second-order valence-corrected chi connectivity index (χ2v) is 3.94. The molecule has 0 aliphatic carbocycles. The summed E-state index contributed by atoms with van der Waals surface area (Å²) in [6.45, 7) is 1.83. The number of rotatable bonds is 7. The van der Waals surface area contributed by atoms with Gasteiger partial charge in [0.1, 0.15) is 6.54 Å². The number of benzene rings is 1. The van der Waals surface area contributed by atoms with Gasteiger partial charge in [0.2, 0.25) is 5.91 Å². The quantitative estimate of drug-likeness (QED) is 0.607. The Bertz CT molecular complexity index is 525. The summed E-state index contributed by atoms with van der Waals surface area (Å²) in [5.41, 5.74) is 0.697. The number of methoxy groups -OCH3 is 2. The first-order chi connectivity index (χ1) is 10.1. The van der Waals surface area contributed by atoms with Crippen molar-refractivity contribution in [3.05, 3.63) is 29.8 Å². The first-order valence-electron chi connectivity index (χ1n) is 6.44. The summed E-state index contributed by atoms with van der Waals surface area (Å²) in [6, 6.07) is 5.34. The van der Waals surface area contributed by atoms with Crippen LogP contribution >= 0.6 is 0 Å². The molecule has 0 saturated heterocycles. The molecule has 0 bridgehead atoms. The number of amides is 1. The molecule has 0 saturated carbocycles. The first kappa shape index (κ1) is 16.6. The highest BCUT2D eigenvalue weighted by molar-refractivity contribution is 5.94. The van der Waals surface area contributed by atoms with Crippen LogP contribution in [-0.2, 0) is 14.3 Å². The van der Waals surface area contributed by atoms with Gasteiger partial charge in [-0.15, -0.1) is 0 Å². The van der Waals surface area contributed by atoms with Crippen molar-refractivity contribution in [1.82, 2.24) is 5.32 Å². The zero-order chi connectivity index (χ0) is 15.7. The van der Waals surface area contributed by atoms with E-state index >= 15 is 0 Å². The fourth-order valence-corrected chi connectivity index (χ4v) is 1.64. The van der Waals surface area contributed by atoms with E-state index in [2.05, 4.69) is 5.32 Å². The summed E-state index contributed by atoms with van der Waals surface area (Å²) in [5.74, 6) is 0.243. The van der Waals surface area contributed by atoms with Crippen LogP contribution in [0, 0.1) is 0 Å². The van der Waals surface area contributed by atoms with E-state index in [1.807, 2.05) is 0 Å². The fourth-order valence-electron chi connectivity index (χ4n) is 1.64. The van der Waals surface area contributed by atoms with Gasteiger partial charge in [-0.05, 0) is 19.1 Å². The number of hydrogen-bond acceptors (Lipinski definition) is 5. The molecule has 0 fully saturated rings. The monoisotopic (exact) mass is 293 g/mol. The summed E-state index contributed by atoms with van der Waals surface area (Å²) >= 11 is 0. The van der Waals surface area contributed by atoms with Crippen molar-refractivity contribution in [2.45, 2.75) is 6.92 Å².